The summed E-state index contributed by atoms with van der Waals surface area (Å²) in [4.78, 5) is 12.4. The van der Waals surface area contributed by atoms with Crippen molar-refractivity contribution in [2.75, 3.05) is 0 Å². The molecule has 0 unspecified atom stereocenters. The van der Waals surface area contributed by atoms with Crippen LogP contribution in [0.3, 0.4) is 0 Å². The number of carbonyl (C=O) groups is 1. The van der Waals surface area contributed by atoms with Crippen LogP contribution in [0.25, 0.3) is 0 Å². The molecule has 0 spiro atoms. The molecule has 132 valence electrons. The van der Waals surface area contributed by atoms with E-state index in [4.69, 9.17) is 0 Å². The number of Topliss-reactive ketones (excluding diaryl/α,β-unsaturated/α-hetero) is 1. The van der Waals surface area contributed by atoms with Crippen LogP contribution >= 0.6 is 0 Å². The van der Waals surface area contributed by atoms with E-state index in [1.165, 1.54) is 10.7 Å². The van der Waals surface area contributed by atoms with Crippen molar-refractivity contribution in [3.63, 3.8) is 0 Å². The second-order valence-corrected chi connectivity index (χ2v) is 19.2. The number of carbonyl (C=O) groups excluding carboxylic acids is 1. The maximum atomic E-state index is 12.4. The predicted molar refractivity (Wildman–Crippen MR) is 113 cm³/mol. The first-order valence-electron chi connectivity index (χ1n) is 9.25. The Morgan fingerprint density at radius 2 is 0.962 bits per heavy atom. The Kier molecular flexibility index (Phi) is 5.97. The molecule has 0 bridgehead atoms. The second kappa shape index (κ2) is 8.22. The van der Waals surface area contributed by atoms with Gasteiger partial charge in [0, 0.05) is 0 Å². The van der Waals surface area contributed by atoms with Crippen molar-refractivity contribution in [2.45, 2.75) is 24.7 Å². The summed E-state index contributed by atoms with van der Waals surface area (Å²) in [5.41, 5.74) is 0. The fourth-order valence-corrected chi connectivity index (χ4v) is 20.4. The molecule has 3 rings (SSSR count). The summed E-state index contributed by atoms with van der Waals surface area (Å²) in [6, 6.07) is 32.7. The fourth-order valence-electron chi connectivity index (χ4n) is 4.12. The molecule has 0 saturated heterocycles. The summed E-state index contributed by atoms with van der Waals surface area (Å²) in [6.45, 7) is 6.14. The Labute approximate surface area is 161 Å². The van der Waals surface area contributed by atoms with Crippen LogP contribution < -0.4 is 10.7 Å². The van der Waals surface area contributed by atoms with Gasteiger partial charge in [-0.15, -0.1) is 0 Å². The van der Waals surface area contributed by atoms with E-state index in [1.54, 1.807) is 6.92 Å². The van der Waals surface area contributed by atoms with Gasteiger partial charge in [0.25, 0.3) is 0 Å². The molecule has 0 aromatic heterocycles. The summed E-state index contributed by atoms with van der Waals surface area (Å²) >= 11 is -3.39. The molecule has 0 saturated carbocycles. The number of ketones is 1. The van der Waals surface area contributed by atoms with Gasteiger partial charge in [0.2, 0.25) is 0 Å². The van der Waals surface area contributed by atoms with E-state index in [-0.39, 0.29) is 11.7 Å². The van der Waals surface area contributed by atoms with E-state index in [0.29, 0.717) is 3.93 Å². The number of hydrogen-bond donors (Lipinski definition) is 0. The number of rotatable bonds is 6. The Morgan fingerprint density at radius 1 is 0.654 bits per heavy atom. The third-order valence-corrected chi connectivity index (χ3v) is 21.7. The van der Waals surface area contributed by atoms with Crippen LogP contribution in [-0.4, -0.2) is 24.2 Å². The molecule has 0 aliphatic rings. The molecule has 26 heavy (non-hydrogen) atoms. The Hall–Kier alpha value is -1.87. The molecule has 0 heterocycles. The zero-order chi connectivity index (χ0) is 18.6. The zero-order valence-corrected chi connectivity index (χ0v) is 18.6. The minimum atomic E-state index is -3.39. The average molecular weight is 449 g/mol. The third kappa shape index (κ3) is 3.37. The molecule has 0 N–H and O–H groups in total. The van der Waals surface area contributed by atoms with Gasteiger partial charge in [-0.05, 0) is 0 Å². The Balaban J connectivity index is 2.37. The van der Waals surface area contributed by atoms with Crippen LogP contribution in [-0.2, 0) is 4.79 Å². The normalized spacial score (nSPS) is 13.8. The third-order valence-electron chi connectivity index (χ3n) is 5.76. The van der Waals surface area contributed by atoms with Crippen LogP contribution in [0.4, 0.5) is 0 Å². The monoisotopic (exact) mass is 450 g/mol. The summed E-state index contributed by atoms with van der Waals surface area (Å²) in [7, 11) is 0. The van der Waals surface area contributed by atoms with E-state index in [2.05, 4.69) is 105 Å². The van der Waals surface area contributed by atoms with Gasteiger partial charge in [0.15, 0.2) is 0 Å². The van der Waals surface area contributed by atoms with E-state index in [0.717, 1.165) is 0 Å². The summed E-state index contributed by atoms with van der Waals surface area (Å²) in [6.07, 6.45) is 0. The van der Waals surface area contributed by atoms with Gasteiger partial charge in [-0.25, -0.2) is 0 Å². The molecular formula is C24H26OSn. The van der Waals surface area contributed by atoms with Crippen molar-refractivity contribution in [3.8, 4) is 0 Å². The van der Waals surface area contributed by atoms with Crippen molar-refractivity contribution in [1.82, 2.24) is 0 Å². The molecule has 3 aromatic rings. The molecule has 0 aliphatic heterocycles. The number of hydrogen-bond acceptors (Lipinski definition) is 1. The zero-order valence-electron chi connectivity index (χ0n) is 15.7. The first-order chi connectivity index (χ1) is 12.6. The van der Waals surface area contributed by atoms with Gasteiger partial charge < -0.3 is 0 Å². The van der Waals surface area contributed by atoms with E-state index < -0.39 is 18.4 Å². The molecule has 0 radical (unpaired) electrons. The van der Waals surface area contributed by atoms with Crippen molar-refractivity contribution in [3.05, 3.63) is 91.0 Å². The maximum absolute atomic E-state index is 12.4. The van der Waals surface area contributed by atoms with Crippen molar-refractivity contribution >= 4 is 34.9 Å². The van der Waals surface area contributed by atoms with E-state index in [1.807, 2.05) is 0 Å². The van der Waals surface area contributed by atoms with Crippen molar-refractivity contribution < 1.29 is 4.79 Å². The van der Waals surface area contributed by atoms with Gasteiger partial charge in [-0.2, -0.15) is 0 Å². The SMILES string of the molecule is CC(=O)[C@@H](C)[C@@H](C)[Sn]([c]1ccccc1)([c]1ccccc1)[c]1ccccc1. The molecule has 2 heteroatoms. The van der Waals surface area contributed by atoms with Crippen LogP contribution in [0.5, 0.6) is 0 Å². The molecule has 1 nitrogen and oxygen atoms in total. The first-order valence-corrected chi connectivity index (χ1v) is 15.2. The predicted octanol–water partition coefficient (Wildman–Crippen LogP) is 3.77. The van der Waals surface area contributed by atoms with Crippen molar-refractivity contribution in [2.24, 2.45) is 5.92 Å². The van der Waals surface area contributed by atoms with Gasteiger partial charge in [0.05, 0.1) is 0 Å². The summed E-state index contributed by atoms with van der Waals surface area (Å²) < 4.78 is 4.61. The molecule has 0 aliphatic carbocycles. The Morgan fingerprint density at radius 3 is 1.23 bits per heavy atom. The topological polar surface area (TPSA) is 17.1 Å². The standard InChI is InChI=1S/C6H11O.3C6H5.Sn/c1-4-5(2)6(3)7;3*1-2-4-6-5-3-1;/h4-5H,1-3H3;3*1-5H;/t5-;;;;/m0..../s1. The number of benzene rings is 3. The second-order valence-electron chi connectivity index (χ2n) is 7.09. The Bertz CT molecular complexity index is 746. The minimum absolute atomic E-state index is 0.0337. The summed E-state index contributed by atoms with van der Waals surface area (Å²) in [5, 5.41) is 0. The van der Waals surface area contributed by atoms with Gasteiger partial charge in [-0.1, -0.05) is 0 Å². The first kappa shape index (κ1) is 18.9. The van der Waals surface area contributed by atoms with E-state index in [9.17, 15) is 4.79 Å². The van der Waals surface area contributed by atoms with Crippen LogP contribution in [0, 0.1) is 5.92 Å². The average Bonchev–Trinajstić information content (AvgIpc) is 2.70. The van der Waals surface area contributed by atoms with E-state index >= 15 is 0 Å². The van der Waals surface area contributed by atoms with Crippen molar-refractivity contribution in [1.29, 1.82) is 0 Å². The van der Waals surface area contributed by atoms with Gasteiger partial charge >= 0.3 is 161 Å². The molecule has 0 amide bonds. The van der Waals surface area contributed by atoms with Gasteiger partial charge in [0.1, 0.15) is 0 Å². The van der Waals surface area contributed by atoms with Gasteiger partial charge in [-0.3, -0.25) is 0 Å². The molecule has 0 fully saturated rings. The quantitative estimate of drug-likeness (QED) is 0.524. The van der Waals surface area contributed by atoms with Crippen LogP contribution in [0.1, 0.15) is 20.8 Å². The van der Waals surface area contributed by atoms with Crippen LogP contribution in [0.2, 0.25) is 3.93 Å². The van der Waals surface area contributed by atoms with Crippen LogP contribution in [0.15, 0.2) is 91.0 Å². The molecule has 2 atom stereocenters. The molecule has 3 aromatic carbocycles. The summed E-state index contributed by atoms with van der Waals surface area (Å²) in [5.74, 6) is 0.313. The fraction of sp³-hybridized carbons (Fsp3) is 0.208. The molecular weight excluding hydrogens is 423 g/mol.